The molecule has 1 aliphatic rings. The van der Waals surface area contributed by atoms with Crippen LogP contribution >= 0.6 is 0 Å². The Labute approximate surface area is 118 Å². The summed E-state index contributed by atoms with van der Waals surface area (Å²) < 4.78 is 29.1. The summed E-state index contributed by atoms with van der Waals surface area (Å²) in [7, 11) is -2.89. The summed E-state index contributed by atoms with van der Waals surface area (Å²) in [5, 5.41) is 3.48. The summed E-state index contributed by atoms with van der Waals surface area (Å²) in [4.78, 5) is 0. The fourth-order valence-electron chi connectivity index (χ4n) is 2.58. The molecule has 1 rings (SSSR count). The highest BCUT2D eigenvalue weighted by atomic mass is 32.2. The maximum Gasteiger partial charge on any atom is 0.150 e. The quantitative estimate of drug-likeness (QED) is 0.741. The molecule has 1 N–H and O–H groups in total. The van der Waals surface area contributed by atoms with Gasteiger partial charge in [0.25, 0.3) is 0 Å². The lowest BCUT2D eigenvalue weighted by Gasteiger charge is -2.33. The monoisotopic (exact) mass is 291 g/mol. The van der Waals surface area contributed by atoms with Gasteiger partial charge in [0.05, 0.1) is 11.9 Å². The van der Waals surface area contributed by atoms with Crippen LogP contribution in [-0.2, 0) is 14.6 Å². The zero-order chi connectivity index (χ0) is 14.5. The average molecular weight is 291 g/mol. The topological polar surface area (TPSA) is 55.4 Å². The van der Waals surface area contributed by atoms with Crippen LogP contribution in [0.5, 0.6) is 0 Å². The third-order valence-electron chi connectivity index (χ3n) is 4.21. The second-order valence-electron chi connectivity index (χ2n) is 6.14. The van der Waals surface area contributed by atoms with E-state index in [0.29, 0.717) is 12.3 Å². The van der Waals surface area contributed by atoms with Gasteiger partial charge in [0, 0.05) is 24.3 Å². The van der Waals surface area contributed by atoms with Gasteiger partial charge in [-0.2, -0.15) is 0 Å². The predicted octanol–water partition coefficient (Wildman–Crippen LogP) is 1.85. The molecule has 1 fully saturated rings. The van der Waals surface area contributed by atoms with E-state index in [0.717, 1.165) is 26.1 Å². The average Bonchev–Trinajstić information content (AvgIpc) is 2.69. The molecule has 0 aromatic rings. The Kier molecular flexibility index (Phi) is 6.27. The Morgan fingerprint density at radius 3 is 2.58 bits per heavy atom. The van der Waals surface area contributed by atoms with Crippen molar-refractivity contribution in [3.05, 3.63) is 0 Å². The summed E-state index contributed by atoms with van der Waals surface area (Å²) in [6.45, 7) is 10.7. The standard InChI is InChI=1S/C14H29NO3S/c1-5-19(16,17)9-7-14(6-8-18-13(14)4)11-15-10-12(2)3/h12-13,15H,5-11H2,1-4H3. The van der Waals surface area contributed by atoms with Gasteiger partial charge in [0.1, 0.15) is 9.84 Å². The number of hydrogen-bond donors (Lipinski definition) is 1. The van der Waals surface area contributed by atoms with E-state index in [1.807, 2.05) is 0 Å². The molecule has 0 amide bonds. The third-order valence-corrected chi connectivity index (χ3v) is 5.92. The van der Waals surface area contributed by atoms with Crippen molar-refractivity contribution in [2.24, 2.45) is 11.3 Å². The van der Waals surface area contributed by atoms with E-state index in [1.165, 1.54) is 0 Å². The minimum atomic E-state index is -2.89. The minimum absolute atomic E-state index is 0.0167. The maximum absolute atomic E-state index is 11.7. The zero-order valence-corrected chi connectivity index (χ0v) is 13.6. The van der Waals surface area contributed by atoms with E-state index in [9.17, 15) is 8.42 Å². The number of sulfone groups is 1. The van der Waals surface area contributed by atoms with Crippen LogP contribution in [-0.4, -0.2) is 45.7 Å². The summed E-state index contributed by atoms with van der Waals surface area (Å²) in [5.74, 6) is 1.12. The smallest absolute Gasteiger partial charge is 0.150 e. The van der Waals surface area contributed by atoms with Gasteiger partial charge in [0.2, 0.25) is 0 Å². The molecule has 0 spiro atoms. The van der Waals surface area contributed by atoms with Gasteiger partial charge in [-0.05, 0) is 32.2 Å². The first kappa shape index (κ1) is 16.9. The molecule has 0 bridgehead atoms. The van der Waals surface area contributed by atoms with Crippen LogP contribution in [0.4, 0.5) is 0 Å². The van der Waals surface area contributed by atoms with Gasteiger partial charge in [-0.1, -0.05) is 20.8 Å². The van der Waals surface area contributed by atoms with Crippen LogP contribution in [0.25, 0.3) is 0 Å². The van der Waals surface area contributed by atoms with E-state index >= 15 is 0 Å². The fraction of sp³-hybridized carbons (Fsp3) is 1.00. The molecule has 0 aliphatic carbocycles. The largest absolute Gasteiger partial charge is 0.378 e. The molecule has 4 nitrogen and oxygen atoms in total. The molecular formula is C14H29NO3S. The van der Waals surface area contributed by atoms with Gasteiger partial charge in [-0.15, -0.1) is 0 Å². The van der Waals surface area contributed by atoms with E-state index in [2.05, 4.69) is 26.1 Å². The molecule has 5 heteroatoms. The van der Waals surface area contributed by atoms with Gasteiger partial charge >= 0.3 is 0 Å². The van der Waals surface area contributed by atoms with Crippen molar-refractivity contribution in [2.45, 2.75) is 46.6 Å². The molecule has 0 saturated carbocycles. The summed E-state index contributed by atoms with van der Waals surface area (Å²) in [6, 6.07) is 0. The molecule has 2 unspecified atom stereocenters. The van der Waals surface area contributed by atoms with Crippen LogP contribution in [0.15, 0.2) is 0 Å². The molecule has 19 heavy (non-hydrogen) atoms. The lowest BCUT2D eigenvalue weighted by Crippen LogP contribution is -2.42. The first-order valence-corrected chi connectivity index (χ1v) is 9.16. The van der Waals surface area contributed by atoms with Crippen LogP contribution < -0.4 is 5.32 Å². The summed E-state index contributed by atoms with van der Waals surface area (Å²) >= 11 is 0. The SMILES string of the molecule is CCS(=O)(=O)CCC1(CNCC(C)C)CCOC1C. The van der Waals surface area contributed by atoms with Crippen LogP contribution in [0.1, 0.15) is 40.5 Å². The minimum Gasteiger partial charge on any atom is -0.378 e. The molecule has 2 atom stereocenters. The predicted molar refractivity (Wildman–Crippen MR) is 79.1 cm³/mol. The van der Waals surface area contributed by atoms with Crippen molar-refractivity contribution in [1.29, 1.82) is 0 Å². The van der Waals surface area contributed by atoms with Gasteiger partial charge in [-0.25, -0.2) is 8.42 Å². The molecule has 0 radical (unpaired) electrons. The van der Waals surface area contributed by atoms with Crippen LogP contribution in [0, 0.1) is 11.3 Å². The number of hydrogen-bond acceptors (Lipinski definition) is 4. The van der Waals surface area contributed by atoms with Crippen molar-refractivity contribution in [1.82, 2.24) is 5.32 Å². The van der Waals surface area contributed by atoms with Crippen LogP contribution in [0.2, 0.25) is 0 Å². The Morgan fingerprint density at radius 1 is 1.42 bits per heavy atom. The molecule has 0 aromatic carbocycles. The van der Waals surface area contributed by atoms with Gasteiger partial charge in [-0.3, -0.25) is 0 Å². The Morgan fingerprint density at radius 2 is 2.11 bits per heavy atom. The highest BCUT2D eigenvalue weighted by molar-refractivity contribution is 7.91. The highest BCUT2D eigenvalue weighted by Crippen LogP contribution is 2.38. The number of rotatable bonds is 8. The zero-order valence-electron chi connectivity index (χ0n) is 12.7. The number of nitrogens with one attached hydrogen (secondary N) is 1. The Bertz CT molecular complexity index is 367. The van der Waals surface area contributed by atoms with Crippen molar-refractivity contribution in [3.63, 3.8) is 0 Å². The van der Waals surface area contributed by atoms with Crippen molar-refractivity contribution in [3.8, 4) is 0 Å². The molecule has 1 aliphatic heterocycles. The second-order valence-corrected chi connectivity index (χ2v) is 8.61. The maximum atomic E-state index is 11.7. The van der Waals surface area contributed by atoms with E-state index < -0.39 is 9.84 Å². The Balaban J connectivity index is 2.61. The fourth-order valence-corrected chi connectivity index (χ4v) is 3.59. The van der Waals surface area contributed by atoms with E-state index in [4.69, 9.17) is 4.74 Å². The van der Waals surface area contributed by atoms with Gasteiger partial charge < -0.3 is 10.1 Å². The van der Waals surface area contributed by atoms with Crippen LogP contribution in [0.3, 0.4) is 0 Å². The highest BCUT2D eigenvalue weighted by Gasteiger charge is 2.41. The molecule has 0 aromatic heterocycles. The normalized spacial score (nSPS) is 28.2. The van der Waals surface area contributed by atoms with Gasteiger partial charge in [0.15, 0.2) is 0 Å². The lowest BCUT2D eigenvalue weighted by atomic mass is 9.79. The van der Waals surface area contributed by atoms with Crippen molar-refractivity contribution in [2.75, 3.05) is 31.2 Å². The molecule has 114 valence electrons. The van der Waals surface area contributed by atoms with Crippen molar-refractivity contribution >= 4 is 9.84 Å². The molecular weight excluding hydrogens is 262 g/mol. The van der Waals surface area contributed by atoms with Crippen molar-refractivity contribution < 1.29 is 13.2 Å². The second kappa shape index (κ2) is 7.04. The third kappa shape index (κ3) is 5.04. The summed E-state index contributed by atoms with van der Waals surface area (Å²) in [5.41, 5.74) is -0.0167. The van der Waals surface area contributed by atoms with E-state index in [1.54, 1.807) is 6.92 Å². The lowest BCUT2D eigenvalue weighted by molar-refractivity contribution is 0.0611. The van der Waals surface area contributed by atoms with E-state index in [-0.39, 0.29) is 23.0 Å². The molecule has 1 saturated heterocycles. The number of ether oxygens (including phenoxy) is 1. The molecule has 1 heterocycles. The Hall–Kier alpha value is -0.130. The first-order valence-electron chi connectivity index (χ1n) is 7.34. The first-order chi connectivity index (χ1) is 8.81. The summed E-state index contributed by atoms with van der Waals surface area (Å²) in [6.07, 6.45) is 1.80.